The van der Waals surface area contributed by atoms with Crippen LogP contribution in [0, 0.1) is 23.0 Å². The van der Waals surface area contributed by atoms with Gasteiger partial charge in [0, 0.05) is 48.0 Å². The van der Waals surface area contributed by atoms with Crippen LogP contribution in [0.25, 0.3) is 22.2 Å². The summed E-state index contributed by atoms with van der Waals surface area (Å²) in [6.07, 6.45) is -6.68. The third-order valence-corrected chi connectivity index (χ3v) is 10.2. The second kappa shape index (κ2) is 20.6. The predicted octanol–water partition coefficient (Wildman–Crippen LogP) is 6.53. The molecular formula is C45H51F4N5O9. The van der Waals surface area contributed by atoms with Gasteiger partial charge in [0.1, 0.15) is 47.4 Å². The molecule has 3 aromatic carbocycles. The average Bonchev–Trinajstić information content (AvgIpc) is 3.65. The van der Waals surface area contributed by atoms with E-state index >= 15 is 0 Å². The Morgan fingerprint density at radius 3 is 2.24 bits per heavy atom. The molecule has 0 spiro atoms. The molecule has 4 aromatic rings. The number of alkyl halides is 2. The third-order valence-electron chi connectivity index (χ3n) is 10.2. The number of fused-ring (bicyclic) bond motifs is 1. The highest BCUT2D eigenvalue weighted by molar-refractivity contribution is 5.95. The van der Waals surface area contributed by atoms with Crippen molar-refractivity contribution in [1.29, 1.82) is 0 Å². The summed E-state index contributed by atoms with van der Waals surface area (Å²) < 4.78 is 74.4. The number of carbonyl (C=O) groups is 5. The monoisotopic (exact) mass is 881 g/mol. The lowest BCUT2D eigenvalue weighted by Gasteiger charge is -2.35. The summed E-state index contributed by atoms with van der Waals surface area (Å²) in [5.74, 6) is -5.86. The zero-order valence-corrected chi connectivity index (χ0v) is 35.7. The number of nitrogens with one attached hydrogen (secondary N) is 3. The van der Waals surface area contributed by atoms with Crippen LogP contribution >= 0.6 is 0 Å². The first-order valence-corrected chi connectivity index (χ1v) is 20.3. The number of alkyl carbamates (subject to hydrolysis) is 1. The van der Waals surface area contributed by atoms with Crippen molar-refractivity contribution in [2.45, 2.75) is 84.5 Å². The van der Waals surface area contributed by atoms with E-state index < -0.39 is 108 Å². The van der Waals surface area contributed by atoms with Gasteiger partial charge >= 0.3 is 12.1 Å². The Morgan fingerprint density at radius 1 is 0.952 bits per heavy atom. The van der Waals surface area contributed by atoms with Crippen molar-refractivity contribution in [2.24, 2.45) is 11.3 Å². The minimum atomic E-state index is -3.10. The summed E-state index contributed by atoms with van der Waals surface area (Å²) in [5.41, 5.74) is -0.284. The van der Waals surface area contributed by atoms with Gasteiger partial charge in [-0.15, -0.1) is 0 Å². The number of methoxy groups -OCH3 is 1. The van der Waals surface area contributed by atoms with Crippen LogP contribution < -0.4 is 25.4 Å². The number of ether oxygens (including phenoxy) is 3. The first-order valence-electron chi connectivity index (χ1n) is 20.3. The van der Waals surface area contributed by atoms with Gasteiger partial charge in [-0.25, -0.2) is 32.1 Å². The fraction of sp³-hybridized carbons (Fsp3) is 0.422. The lowest BCUT2D eigenvalue weighted by atomic mass is 9.85. The van der Waals surface area contributed by atoms with Gasteiger partial charge in [-0.2, -0.15) is 0 Å². The largest absolute Gasteiger partial charge is 0.497 e. The number of nitrogens with zero attached hydrogens (tertiary/aromatic N) is 2. The Balaban J connectivity index is 1.45. The standard InChI is InChI=1S/C45H51F4N5O9/c1-24(2)23-62-44(60)53-39(45(3,4)5)42(57)54-22-28(63-37-20-33(25-10-8-7-9-11-25)51-34-18-27(61-6)12-13-30(34)37)19-36(54)41(56)52-35(21-38(48)49)40(55)50-15-14-29-31(46)16-26(43(58)59)17-32(29)47/h7-13,16-18,20,24,28,35-36,38-39H,14-15,19,21-23H2,1-6H3,(H,50,55)(H,52,56)(H,53,60)(H,58,59)/t28-,35+,36+,39?/m1/s1. The maximum atomic E-state index is 14.6. The number of carboxylic acid groups (broad SMARTS) is 1. The number of likely N-dealkylation sites (tertiary alicyclic amines) is 1. The van der Waals surface area contributed by atoms with Gasteiger partial charge in [0.05, 0.1) is 37.0 Å². The summed E-state index contributed by atoms with van der Waals surface area (Å²) in [5, 5.41) is 16.9. The normalized spacial score (nSPS) is 16.1. The smallest absolute Gasteiger partial charge is 0.407 e. The van der Waals surface area contributed by atoms with Crippen LogP contribution in [0.2, 0.25) is 0 Å². The maximum absolute atomic E-state index is 14.6. The number of benzene rings is 3. The SMILES string of the molecule is COc1ccc2c(O[C@@H]3C[C@@H](C(=O)N[C@@H](CC(F)F)C(=O)NCCc4c(F)cc(C(=O)O)cc4F)N(C(=O)C(NC(=O)OCC(C)C)C(C)(C)C)C3)cc(-c3ccccc3)nc2c1. The molecule has 1 aliphatic rings. The number of pyridine rings is 1. The molecule has 338 valence electrons. The van der Waals surface area contributed by atoms with Gasteiger partial charge in [-0.05, 0) is 42.0 Å². The predicted molar refractivity (Wildman–Crippen MR) is 223 cm³/mol. The van der Waals surface area contributed by atoms with Gasteiger partial charge in [-0.3, -0.25) is 14.4 Å². The Labute approximate surface area is 361 Å². The van der Waals surface area contributed by atoms with Gasteiger partial charge in [-0.1, -0.05) is 65.0 Å². The number of halogens is 4. The van der Waals surface area contributed by atoms with Gasteiger partial charge < -0.3 is 40.2 Å². The fourth-order valence-electron chi connectivity index (χ4n) is 7.01. The van der Waals surface area contributed by atoms with E-state index in [0.717, 1.165) is 5.56 Å². The number of carbonyl (C=O) groups excluding carboxylic acids is 4. The zero-order chi connectivity index (χ0) is 46.2. The molecule has 5 rings (SSSR count). The van der Waals surface area contributed by atoms with Crippen LogP contribution in [0.15, 0.2) is 66.7 Å². The number of amides is 4. The highest BCUT2D eigenvalue weighted by atomic mass is 19.3. The van der Waals surface area contributed by atoms with E-state index in [1.54, 1.807) is 45.0 Å². The fourth-order valence-corrected chi connectivity index (χ4v) is 7.01. The number of aromatic carboxylic acids is 1. The molecule has 14 nitrogen and oxygen atoms in total. The molecule has 4 N–H and O–H groups in total. The maximum Gasteiger partial charge on any atom is 0.407 e. The molecule has 0 saturated carbocycles. The van der Waals surface area contributed by atoms with Gasteiger partial charge in [0.2, 0.25) is 24.1 Å². The number of carboxylic acids is 1. The van der Waals surface area contributed by atoms with Crippen molar-refractivity contribution in [3.63, 3.8) is 0 Å². The lowest BCUT2D eigenvalue weighted by Crippen LogP contribution is -2.59. The number of hydrogen-bond donors (Lipinski definition) is 4. The number of hydrogen-bond acceptors (Lipinski definition) is 9. The number of rotatable bonds is 17. The van der Waals surface area contributed by atoms with Crippen LogP contribution in [0.5, 0.6) is 11.5 Å². The average molecular weight is 882 g/mol. The van der Waals surface area contributed by atoms with Crippen LogP contribution in [-0.4, -0.2) is 102 Å². The zero-order valence-electron chi connectivity index (χ0n) is 35.7. The summed E-state index contributed by atoms with van der Waals surface area (Å²) in [6.45, 7) is 8.14. The van der Waals surface area contributed by atoms with E-state index in [1.807, 2.05) is 44.2 Å². The van der Waals surface area contributed by atoms with Crippen molar-refractivity contribution in [3.8, 4) is 22.8 Å². The van der Waals surface area contributed by atoms with E-state index in [1.165, 1.54) is 12.0 Å². The van der Waals surface area contributed by atoms with E-state index in [-0.39, 0.29) is 25.5 Å². The summed E-state index contributed by atoms with van der Waals surface area (Å²) in [7, 11) is 1.51. The topological polar surface area (TPSA) is 185 Å². The molecular weight excluding hydrogens is 831 g/mol. The second-order valence-corrected chi connectivity index (χ2v) is 16.6. The van der Waals surface area contributed by atoms with E-state index in [2.05, 4.69) is 16.0 Å². The first-order chi connectivity index (χ1) is 29.7. The molecule has 1 saturated heterocycles. The van der Waals surface area contributed by atoms with Crippen molar-refractivity contribution < 1.29 is 60.9 Å². The summed E-state index contributed by atoms with van der Waals surface area (Å²) >= 11 is 0. The Bertz CT molecular complexity index is 2290. The van der Waals surface area contributed by atoms with E-state index in [4.69, 9.17) is 24.3 Å². The molecule has 4 amide bonds. The van der Waals surface area contributed by atoms with Crippen molar-refractivity contribution in [3.05, 3.63) is 89.5 Å². The molecule has 1 fully saturated rings. The minimum Gasteiger partial charge on any atom is -0.497 e. The lowest BCUT2D eigenvalue weighted by molar-refractivity contribution is -0.142. The highest BCUT2D eigenvalue weighted by Crippen LogP contribution is 2.35. The Morgan fingerprint density at radius 2 is 1.63 bits per heavy atom. The quantitative estimate of drug-likeness (QED) is 0.0851. The summed E-state index contributed by atoms with van der Waals surface area (Å²) in [4.78, 5) is 72.3. The highest BCUT2D eigenvalue weighted by Gasteiger charge is 2.47. The van der Waals surface area contributed by atoms with Crippen molar-refractivity contribution >= 4 is 40.7 Å². The first kappa shape index (κ1) is 47.6. The summed E-state index contributed by atoms with van der Waals surface area (Å²) in [6, 6.07) is 12.9. The van der Waals surface area contributed by atoms with Gasteiger partial charge in [0.25, 0.3) is 0 Å². The Hall–Kier alpha value is -6.46. The number of aromatic nitrogens is 1. The van der Waals surface area contributed by atoms with Crippen molar-refractivity contribution in [2.75, 3.05) is 26.8 Å². The molecule has 4 atom stereocenters. The molecule has 1 aliphatic heterocycles. The minimum absolute atomic E-state index is 0.0112. The second-order valence-electron chi connectivity index (χ2n) is 16.6. The van der Waals surface area contributed by atoms with E-state index in [9.17, 15) is 41.5 Å². The molecule has 63 heavy (non-hydrogen) atoms. The van der Waals surface area contributed by atoms with Crippen LogP contribution in [0.1, 0.15) is 63.4 Å². The molecule has 0 bridgehead atoms. The molecule has 18 heteroatoms. The van der Waals surface area contributed by atoms with E-state index in [0.29, 0.717) is 40.2 Å². The molecule has 0 radical (unpaired) electrons. The molecule has 2 heterocycles. The van der Waals surface area contributed by atoms with Gasteiger partial charge in [0.15, 0.2) is 0 Å². The van der Waals surface area contributed by atoms with Crippen LogP contribution in [0.4, 0.5) is 22.4 Å². The molecule has 1 aromatic heterocycles. The molecule has 1 unspecified atom stereocenters. The Kier molecular flexibility index (Phi) is 15.6. The third kappa shape index (κ3) is 12.3. The molecule has 0 aliphatic carbocycles. The van der Waals surface area contributed by atoms with Crippen LogP contribution in [-0.2, 0) is 25.5 Å². The van der Waals surface area contributed by atoms with Crippen molar-refractivity contribution in [1.82, 2.24) is 25.8 Å². The van der Waals surface area contributed by atoms with Crippen LogP contribution in [0.3, 0.4) is 0 Å².